The van der Waals surface area contributed by atoms with E-state index in [9.17, 15) is 14.9 Å². The molecular formula is C24H22N4O3S. The highest BCUT2D eigenvalue weighted by molar-refractivity contribution is 8.18. The van der Waals surface area contributed by atoms with Crippen LogP contribution in [-0.2, 0) is 11.2 Å². The topological polar surface area (TPSA) is 89.5 Å². The summed E-state index contributed by atoms with van der Waals surface area (Å²) < 4.78 is 1.95. The van der Waals surface area contributed by atoms with Gasteiger partial charge in [-0.2, -0.15) is 0 Å². The van der Waals surface area contributed by atoms with Crippen molar-refractivity contribution in [1.82, 2.24) is 9.88 Å². The molecule has 32 heavy (non-hydrogen) atoms. The number of nitrogens with zero attached hydrogens (tertiary/aromatic N) is 3. The molecule has 7 nitrogen and oxygen atoms in total. The molecule has 162 valence electrons. The second-order valence-corrected chi connectivity index (χ2v) is 8.47. The lowest BCUT2D eigenvalue weighted by Gasteiger charge is -2.09. The van der Waals surface area contributed by atoms with Crippen molar-refractivity contribution in [2.75, 3.05) is 0 Å². The summed E-state index contributed by atoms with van der Waals surface area (Å²) in [6.45, 7) is 5.96. The highest BCUT2D eigenvalue weighted by Gasteiger charge is 2.24. The van der Waals surface area contributed by atoms with Crippen LogP contribution < -0.4 is 5.32 Å². The summed E-state index contributed by atoms with van der Waals surface area (Å²) in [4.78, 5) is 28.3. The van der Waals surface area contributed by atoms with Gasteiger partial charge in [0.05, 0.1) is 21.2 Å². The SMILES string of the molecule is CCc1ccc(N=C2NC(=O)/C(=C/c3cc(C)n(-c4cccc([N+](=O)[O-])c4)c3C)S2)cc1. The van der Waals surface area contributed by atoms with Crippen LogP contribution in [-0.4, -0.2) is 20.6 Å². The van der Waals surface area contributed by atoms with E-state index >= 15 is 0 Å². The van der Waals surface area contributed by atoms with Crippen LogP contribution in [0.1, 0.15) is 29.4 Å². The Morgan fingerprint density at radius 3 is 2.59 bits per heavy atom. The van der Waals surface area contributed by atoms with E-state index in [1.165, 1.54) is 23.4 Å². The van der Waals surface area contributed by atoms with Crippen molar-refractivity contribution < 1.29 is 9.72 Å². The number of aliphatic imine (C=N–C) groups is 1. The van der Waals surface area contributed by atoms with Gasteiger partial charge in [0.25, 0.3) is 11.6 Å². The molecule has 1 amide bonds. The molecule has 0 saturated carbocycles. The number of carbonyl (C=O) groups is 1. The first-order chi connectivity index (χ1) is 15.4. The van der Waals surface area contributed by atoms with Gasteiger partial charge in [0, 0.05) is 23.5 Å². The quantitative estimate of drug-likeness (QED) is 0.320. The van der Waals surface area contributed by atoms with Gasteiger partial charge in [0.2, 0.25) is 0 Å². The van der Waals surface area contributed by atoms with Gasteiger partial charge in [0.1, 0.15) is 0 Å². The Hall–Kier alpha value is -3.65. The third-order valence-corrected chi connectivity index (χ3v) is 6.19. The number of rotatable bonds is 5. The molecule has 0 atom stereocenters. The molecule has 0 aliphatic carbocycles. The minimum absolute atomic E-state index is 0.0356. The van der Waals surface area contributed by atoms with Crippen molar-refractivity contribution >= 4 is 40.3 Å². The number of thioether (sulfide) groups is 1. The molecule has 2 heterocycles. The van der Waals surface area contributed by atoms with Gasteiger partial charge >= 0.3 is 0 Å². The van der Waals surface area contributed by atoms with Crippen molar-refractivity contribution in [2.45, 2.75) is 27.2 Å². The molecule has 0 radical (unpaired) electrons. The number of carbonyl (C=O) groups excluding carboxylic acids is 1. The Morgan fingerprint density at radius 2 is 1.91 bits per heavy atom. The van der Waals surface area contributed by atoms with Crippen LogP contribution in [0.2, 0.25) is 0 Å². The molecule has 1 N–H and O–H groups in total. The summed E-state index contributed by atoms with van der Waals surface area (Å²) in [5.74, 6) is -0.195. The Morgan fingerprint density at radius 1 is 1.16 bits per heavy atom. The molecule has 0 bridgehead atoms. The van der Waals surface area contributed by atoms with Gasteiger partial charge in [-0.15, -0.1) is 0 Å². The fourth-order valence-corrected chi connectivity index (χ4v) is 4.45. The molecule has 3 aromatic rings. The first-order valence-electron chi connectivity index (χ1n) is 10.2. The van der Waals surface area contributed by atoms with Crippen LogP contribution in [0.3, 0.4) is 0 Å². The van der Waals surface area contributed by atoms with Gasteiger partial charge in [-0.25, -0.2) is 4.99 Å². The van der Waals surface area contributed by atoms with E-state index in [1.54, 1.807) is 12.1 Å². The van der Waals surface area contributed by atoms with Gasteiger partial charge in [-0.05, 0) is 73.5 Å². The summed E-state index contributed by atoms with van der Waals surface area (Å²) in [7, 11) is 0. The second kappa shape index (κ2) is 8.84. The van der Waals surface area contributed by atoms with E-state index < -0.39 is 4.92 Å². The van der Waals surface area contributed by atoms with Crippen molar-refractivity contribution in [1.29, 1.82) is 0 Å². The Kier molecular flexibility index (Phi) is 5.96. The van der Waals surface area contributed by atoms with Crippen LogP contribution in [0.5, 0.6) is 0 Å². The summed E-state index contributed by atoms with van der Waals surface area (Å²) >= 11 is 1.30. The van der Waals surface area contributed by atoms with Crippen molar-refractivity contribution in [3.8, 4) is 5.69 Å². The fourth-order valence-electron chi connectivity index (χ4n) is 3.62. The van der Waals surface area contributed by atoms with E-state index in [2.05, 4.69) is 17.2 Å². The van der Waals surface area contributed by atoms with Crippen LogP contribution in [0.15, 0.2) is 64.5 Å². The highest BCUT2D eigenvalue weighted by atomic mass is 32.2. The largest absolute Gasteiger partial charge is 0.318 e. The second-order valence-electron chi connectivity index (χ2n) is 7.44. The number of hydrogen-bond donors (Lipinski definition) is 1. The molecule has 1 aliphatic heterocycles. The summed E-state index contributed by atoms with van der Waals surface area (Å²) in [5, 5.41) is 14.5. The lowest BCUT2D eigenvalue weighted by molar-refractivity contribution is -0.384. The fraction of sp³-hybridized carbons (Fsp3) is 0.167. The number of non-ortho nitro benzene ring substituents is 1. The zero-order chi connectivity index (χ0) is 22.8. The van der Waals surface area contributed by atoms with Gasteiger partial charge < -0.3 is 9.88 Å². The van der Waals surface area contributed by atoms with Crippen molar-refractivity contribution in [3.05, 3.63) is 92.1 Å². The summed E-state index contributed by atoms with van der Waals surface area (Å²) in [5.41, 5.74) is 5.45. The predicted molar refractivity (Wildman–Crippen MR) is 129 cm³/mol. The van der Waals surface area contributed by atoms with Crippen LogP contribution in [0.25, 0.3) is 11.8 Å². The summed E-state index contributed by atoms with van der Waals surface area (Å²) in [6.07, 6.45) is 2.79. The molecule has 1 fully saturated rings. The van der Waals surface area contributed by atoms with E-state index in [1.807, 2.05) is 60.9 Å². The van der Waals surface area contributed by atoms with Crippen LogP contribution in [0, 0.1) is 24.0 Å². The molecule has 1 aromatic heterocycles. The summed E-state index contributed by atoms with van der Waals surface area (Å²) in [6, 6.07) is 16.4. The molecular weight excluding hydrogens is 424 g/mol. The number of aromatic nitrogens is 1. The monoisotopic (exact) mass is 446 g/mol. The molecule has 1 saturated heterocycles. The minimum Gasteiger partial charge on any atom is -0.318 e. The van der Waals surface area contributed by atoms with E-state index in [4.69, 9.17) is 0 Å². The first-order valence-corrected chi connectivity index (χ1v) is 11.0. The average molecular weight is 447 g/mol. The standard InChI is InChI=1S/C24H22N4O3S/c1-4-17-8-10-19(11-9-17)25-24-26-23(29)22(32-24)13-18-12-15(2)27(16(18)3)20-6-5-7-21(14-20)28(30)31/h5-14H,4H2,1-3H3,(H,25,26,29)/b22-13-. The number of nitro groups is 1. The third kappa shape index (κ3) is 4.36. The van der Waals surface area contributed by atoms with Crippen LogP contribution in [0.4, 0.5) is 11.4 Å². The maximum Gasteiger partial charge on any atom is 0.271 e. The van der Waals surface area contributed by atoms with Gasteiger partial charge in [-0.3, -0.25) is 14.9 Å². The molecule has 4 rings (SSSR count). The number of aryl methyl sites for hydroxylation is 2. The number of nitrogens with one attached hydrogen (secondary N) is 1. The maximum absolute atomic E-state index is 12.5. The van der Waals surface area contributed by atoms with E-state index in [-0.39, 0.29) is 11.6 Å². The molecule has 2 aromatic carbocycles. The van der Waals surface area contributed by atoms with Crippen molar-refractivity contribution in [2.24, 2.45) is 4.99 Å². The van der Waals surface area contributed by atoms with Crippen LogP contribution >= 0.6 is 11.8 Å². The lowest BCUT2D eigenvalue weighted by Crippen LogP contribution is -2.19. The number of nitro benzene ring substituents is 1. The average Bonchev–Trinajstić information content (AvgIpc) is 3.26. The smallest absolute Gasteiger partial charge is 0.271 e. The minimum atomic E-state index is -0.406. The lowest BCUT2D eigenvalue weighted by atomic mass is 10.2. The van der Waals surface area contributed by atoms with Gasteiger partial charge in [-0.1, -0.05) is 25.1 Å². The first kappa shape index (κ1) is 21.6. The number of amides is 1. The Labute approximate surface area is 190 Å². The molecule has 8 heteroatoms. The molecule has 1 aliphatic rings. The van der Waals surface area contributed by atoms with E-state index in [0.717, 1.165) is 29.1 Å². The normalized spacial score (nSPS) is 16.0. The predicted octanol–water partition coefficient (Wildman–Crippen LogP) is 5.46. The maximum atomic E-state index is 12.5. The highest BCUT2D eigenvalue weighted by Crippen LogP contribution is 2.31. The molecule has 0 unspecified atom stereocenters. The number of amidine groups is 1. The van der Waals surface area contributed by atoms with Crippen molar-refractivity contribution in [3.63, 3.8) is 0 Å². The zero-order valence-corrected chi connectivity index (χ0v) is 18.8. The number of benzene rings is 2. The van der Waals surface area contributed by atoms with E-state index in [0.29, 0.717) is 15.8 Å². The third-order valence-electron chi connectivity index (χ3n) is 5.28. The Balaban J connectivity index is 1.62. The molecule has 0 spiro atoms. The Bertz CT molecular complexity index is 1270. The number of hydrogen-bond acceptors (Lipinski definition) is 5. The van der Waals surface area contributed by atoms with Gasteiger partial charge in [0.15, 0.2) is 5.17 Å². The zero-order valence-electron chi connectivity index (χ0n) is 18.0.